The molecule has 0 bridgehead atoms. The fourth-order valence-corrected chi connectivity index (χ4v) is 4.15. The maximum atomic E-state index is 11.5. The minimum absolute atomic E-state index is 0.0406. The molecule has 0 saturated carbocycles. The Balaban J connectivity index is 3.12. The van der Waals surface area contributed by atoms with E-state index < -0.39 is 5.97 Å². The van der Waals surface area contributed by atoms with E-state index >= 15 is 0 Å². The van der Waals surface area contributed by atoms with E-state index in [-0.39, 0.29) is 12.4 Å². The van der Waals surface area contributed by atoms with Gasteiger partial charge in [0.15, 0.2) is 0 Å². The van der Waals surface area contributed by atoms with E-state index in [4.69, 9.17) is 4.74 Å². The molecule has 0 unspecified atom stereocenters. The molecule has 0 radical (unpaired) electrons. The summed E-state index contributed by atoms with van der Waals surface area (Å²) in [5.41, 5.74) is 0. The lowest BCUT2D eigenvalue weighted by molar-refractivity contribution is -0.305. The summed E-state index contributed by atoms with van der Waals surface area (Å²) in [4.78, 5) is 21.8. The van der Waals surface area contributed by atoms with E-state index in [0.29, 0.717) is 24.5 Å². The Hall–Kier alpha value is -0.710. The number of carboxylic acid groups (broad SMARTS) is 1. The van der Waals surface area contributed by atoms with Gasteiger partial charge in [-0.05, 0) is 18.6 Å². The van der Waals surface area contributed by atoms with Gasteiger partial charge in [-0.15, -0.1) is 0 Å². The van der Waals surface area contributed by atoms with Crippen LogP contribution in [0.15, 0.2) is 0 Å². The first kappa shape index (κ1) is 28.3. The van der Waals surface area contributed by atoms with E-state index in [9.17, 15) is 14.7 Å². The Morgan fingerprint density at radius 3 is 1.52 bits per heavy atom. The van der Waals surface area contributed by atoms with Gasteiger partial charge in [0.25, 0.3) is 0 Å². The highest BCUT2D eigenvalue weighted by molar-refractivity contribution is 7.99. The van der Waals surface area contributed by atoms with Crippen LogP contribution in [0.2, 0.25) is 0 Å². The summed E-state index contributed by atoms with van der Waals surface area (Å²) in [7, 11) is 0. The Morgan fingerprint density at radius 1 is 0.655 bits per heavy atom. The Bertz CT molecular complexity index is 374. The van der Waals surface area contributed by atoms with Crippen LogP contribution in [-0.2, 0) is 14.3 Å². The molecule has 0 aliphatic carbocycles. The molecule has 0 amide bonds. The Kier molecular flexibility index (Phi) is 23.0. The molecule has 29 heavy (non-hydrogen) atoms. The van der Waals surface area contributed by atoms with E-state index in [0.717, 1.165) is 12.8 Å². The second kappa shape index (κ2) is 23.6. The Morgan fingerprint density at radius 2 is 1.07 bits per heavy atom. The van der Waals surface area contributed by atoms with Crippen molar-refractivity contribution in [2.45, 2.75) is 122 Å². The standard InChI is InChI=1S/C24H46O4S/c1-2-3-4-5-6-7-8-9-10-11-12-13-14-15-16-17-20-28-24(27)19-22-29-21-18-23(25)26/h2-22H2,1H3,(H,25,26)/p-1. The van der Waals surface area contributed by atoms with Crippen molar-refractivity contribution >= 4 is 23.7 Å². The maximum absolute atomic E-state index is 11.5. The van der Waals surface area contributed by atoms with Crippen molar-refractivity contribution in [1.82, 2.24) is 0 Å². The normalized spacial score (nSPS) is 10.9. The van der Waals surface area contributed by atoms with Crippen LogP contribution in [-0.4, -0.2) is 30.1 Å². The molecule has 0 aromatic rings. The largest absolute Gasteiger partial charge is 0.550 e. The number of unbranched alkanes of at least 4 members (excludes halogenated alkanes) is 15. The van der Waals surface area contributed by atoms with Crippen molar-refractivity contribution in [1.29, 1.82) is 0 Å². The number of ether oxygens (including phenoxy) is 1. The van der Waals surface area contributed by atoms with Gasteiger partial charge in [-0.25, -0.2) is 0 Å². The number of hydrogen-bond donors (Lipinski definition) is 0. The zero-order valence-corrected chi connectivity index (χ0v) is 19.7. The molecule has 0 aliphatic rings. The molecular weight excluding hydrogens is 384 g/mol. The van der Waals surface area contributed by atoms with Crippen molar-refractivity contribution in [2.24, 2.45) is 0 Å². The third-order valence-electron chi connectivity index (χ3n) is 5.16. The summed E-state index contributed by atoms with van der Waals surface area (Å²) in [6.45, 7) is 2.79. The van der Waals surface area contributed by atoms with Crippen molar-refractivity contribution in [2.75, 3.05) is 18.1 Å². The molecular formula is C24H45O4S-. The van der Waals surface area contributed by atoms with Gasteiger partial charge in [0.2, 0.25) is 0 Å². The van der Waals surface area contributed by atoms with Crippen molar-refractivity contribution in [3.8, 4) is 0 Å². The van der Waals surface area contributed by atoms with Gasteiger partial charge >= 0.3 is 5.97 Å². The van der Waals surface area contributed by atoms with Gasteiger partial charge in [0, 0.05) is 11.7 Å². The average Bonchev–Trinajstić information content (AvgIpc) is 2.69. The summed E-state index contributed by atoms with van der Waals surface area (Å²) < 4.78 is 5.21. The van der Waals surface area contributed by atoms with Crippen molar-refractivity contribution < 1.29 is 19.4 Å². The van der Waals surface area contributed by atoms with Crippen molar-refractivity contribution in [3.05, 3.63) is 0 Å². The van der Waals surface area contributed by atoms with Crippen LogP contribution in [0.25, 0.3) is 0 Å². The van der Waals surface area contributed by atoms with Crippen LogP contribution >= 0.6 is 11.8 Å². The third kappa shape index (κ3) is 25.3. The molecule has 0 spiro atoms. The zero-order valence-electron chi connectivity index (χ0n) is 18.9. The van der Waals surface area contributed by atoms with E-state index in [1.807, 2.05) is 0 Å². The van der Waals surface area contributed by atoms with Crippen LogP contribution in [0.5, 0.6) is 0 Å². The number of rotatable bonds is 23. The summed E-state index contributed by atoms with van der Waals surface area (Å²) in [6.07, 6.45) is 21.8. The predicted molar refractivity (Wildman–Crippen MR) is 122 cm³/mol. The molecule has 0 aromatic carbocycles. The van der Waals surface area contributed by atoms with Gasteiger partial charge in [0.05, 0.1) is 13.0 Å². The van der Waals surface area contributed by atoms with E-state index in [2.05, 4.69) is 6.92 Å². The highest BCUT2D eigenvalue weighted by Crippen LogP contribution is 2.13. The zero-order chi connectivity index (χ0) is 21.4. The minimum Gasteiger partial charge on any atom is -0.550 e. The molecule has 0 fully saturated rings. The number of hydrogen-bond acceptors (Lipinski definition) is 5. The predicted octanol–water partition coefficient (Wildman–Crippen LogP) is 6.05. The molecule has 172 valence electrons. The fourth-order valence-electron chi connectivity index (χ4n) is 3.32. The van der Waals surface area contributed by atoms with Crippen LogP contribution in [0.1, 0.15) is 122 Å². The number of carbonyl (C=O) groups excluding carboxylic acids is 2. The van der Waals surface area contributed by atoms with Gasteiger partial charge in [-0.3, -0.25) is 4.79 Å². The number of thioether (sulfide) groups is 1. The lowest BCUT2D eigenvalue weighted by atomic mass is 10.0. The fraction of sp³-hybridized carbons (Fsp3) is 0.917. The third-order valence-corrected chi connectivity index (χ3v) is 6.15. The van der Waals surface area contributed by atoms with Gasteiger partial charge in [-0.1, -0.05) is 103 Å². The van der Waals surface area contributed by atoms with Gasteiger partial charge in [-0.2, -0.15) is 11.8 Å². The molecule has 0 atom stereocenters. The molecule has 0 N–H and O–H groups in total. The van der Waals surface area contributed by atoms with Gasteiger partial charge < -0.3 is 14.6 Å². The summed E-state index contributed by atoms with van der Waals surface area (Å²) in [5, 5.41) is 10.3. The highest BCUT2D eigenvalue weighted by atomic mass is 32.2. The summed E-state index contributed by atoms with van der Waals surface area (Å²) in [6, 6.07) is 0. The van der Waals surface area contributed by atoms with E-state index in [1.54, 1.807) is 0 Å². The van der Waals surface area contributed by atoms with Crippen LogP contribution in [0.3, 0.4) is 0 Å². The lowest BCUT2D eigenvalue weighted by Gasteiger charge is -2.06. The topological polar surface area (TPSA) is 66.4 Å². The number of esters is 1. The van der Waals surface area contributed by atoms with E-state index in [1.165, 1.54) is 102 Å². The molecule has 0 saturated heterocycles. The molecule has 0 heterocycles. The second-order valence-corrected chi connectivity index (χ2v) is 9.23. The van der Waals surface area contributed by atoms with Crippen LogP contribution < -0.4 is 5.11 Å². The first-order chi connectivity index (χ1) is 14.2. The average molecular weight is 430 g/mol. The molecule has 4 nitrogen and oxygen atoms in total. The SMILES string of the molecule is CCCCCCCCCCCCCCCCCCOC(=O)CCSCCC(=O)[O-]. The maximum Gasteiger partial charge on any atom is 0.306 e. The molecule has 0 aliphatic heterocycles. The first-order valence-electron chi connectivity index (χ1n) is 12.1. The number of carbonyl (C=O) groups is 2. The lowest BCUT2D eigenvalue weighted by Crippen LogP contribution is -2.22. The van der Waals surface area contributed by atoms with Crippen LogP contribution in [0, 0.1) is 0 Å². The Labute approximate surface area is 183 Å². The molecule has 5 heteroatoms. The van der Waals surface area contributed by atoms with Crippen LogP contribution in [0.4, 0.5) is 0 Å². The molecule has 0 rings (SSSR count). The first-order valence-corrected chi connectivity index (χ1v) is 13.3. The summed E-state index contributed by atoms with van der Waals surface area (Å²) >= 11 is 1.45. The smallest absolute Gasteiger partial charge is 0.306 e. The van der Waals surface area contributed by atoms with Gasteiger partial charge in [0.1, 0.15) is 0 Å². The summed E-state index contributed by atoms with van der Waals surface area (Å²) in [5.74, 6) is -0.102. The highest BCUT2D eigenvalue weighted by Gasteiger charge is 2.02. The monoisotopic (exact) mass is 429 g/mol. The second-order valence-electron chi connectivity index (χ2n) is 8.01. The quantitative estimate of drug-likeness (QED) is 0.146. The van der Waals surface area contributed by atoms with Crippen molar-refractivity contribution in [3.63, 3.8) is 0 Å². The number of carboxylic acids is 1. The number of aliphatic carboxylic acids is 1. The molecule has 0 aromatic heterocycles. The minimum atomic E-state index is -1.04.